The summed E-state index contributed by atoms with van der Waals surface area (Å²) in [5, 5.41) is 1.30. The van der Waals surface area contributed by atoms with Gasteiger partial charge in [-0.25, -0.2) is 4.98 Å². The third-order valence-electron chi connectivity index (χ3n) is 4.10. The number of allylic oxidation sites excluding steroid dienone is 3. The summed E-state index contributed by atoms with van der Waals surface area (Å²) in [4.78, 5) is 6.92. The number of rotatable bonds is 2. The molecule has 0 saturated carbocycles. The van der Waals surface area contributed by atoms with Crippen LogP contribution in [0.5, 0.6) is 0 Å². The lowest BCUT2D eigenvalue weighted by Crippen LogP contribution is -2.10. The Hall–Kier alpha value is -1.94. The molecule has 112 valence electrons. The molecular formula is C18H18N2OS. The lowest BCUT2D eigenvalue weighted by atomic mass is 9.96. The highest BCUT2D eigenvalue weighted by molar-refractivity contribution is 8.03. The summed E-state index contributed by atoms with van der Waals surface area (Å²) in [7, 11) is 2.12. The molecule has 0 spiro atoms. The van der Waals surface area contributed by atoms with Crippen molar-refractivity contribution in [2.24, 2.45) is 0 Å². The van der Waals surface area contributed by atoms with Crippen LogP contribution in [0.2, 0.25) is 0 Å². The van der Waals surface area contributed by atoms with Crippen molar-refractivity contribution in [1.82, 2.24) is 9.88 Å². The van der Waals surface area contributed by atoms with E-state index in [1.807, 2.05) is 30.0 Å². The predicted octanol–water partition coefficient (Wildman–Crippen LogP) is 4.32. The summed E-state index contributed by atoms with van der Waals surface area (Å²) in [6.07, 6.45) is 12.7. The molecule has 22 heavy (non-hydrogen) atoms. The molecular weight excluding hydrogens is 292 g/mol. The number of aromatic nitrogens is 1. The molecule has 3 nitrogen and oxygen atoms in total. The Kier molecular flexibility index (Phi) is 3.54. The molecule has 1 fully saturated rings. The molecule has 0 unspecified atom stereocenters. The Labute approximate surface area is 134 Å². The number of thioether (sulfide) groups is 1. The van der Waals surface area contributed by atoms with Crippen LogP contribution in [0.3, 0.4) is 0 Å². The van der Waals surface area contributed by atoms with Crippen molar-refractivity contribution in [3.8, 4) is 0 Å². The van der Waals surface area contributed by atoms with Gasteiger partial charge in [0, 0.05) is 31.0 Å². The summed E-state index contributed by atoms with van der Waals surface area (Å²) < 4.78 is 5.84. The van der Waals surface area contributed by atoms with E-state index in [9.17, 15) is 0 Å². The number of fused-ring (bicyclic) bond motifs is 3. The average Bonchev–Trinajstić information content (AvgIpc) is 3.14. The van der Waals surface area contributed by atoms with E-state index in [0.29, 0.717) is 5.89 Å². The number of benzene rings is 1. The topological polar surface area (TPSA) is 29.3 Å². The van der Waals surface area contributed by atoms with Crippen LogP contribution in [0.15, 0.2) is 39.8 Å². The van der Waals surface area contributed by atoms with Gasteiger partial charge in [0.15, 0.2) is 5.58 Å². The number of hydrogen-bond acceptors (Lipinski definition) is 4. The van der Waals surface area contributed by atoms with Gasteiger partial charge in [-0.3, -0.25) is 0 Å². The third-order valence-corrected chi connectivity index (χ3v) is 5.23. The highest BCUT2D eigenvalue weighted by Gasteiger charge is 2.13. The molecule has 2 aliphatic rings. The molecule has 2 aromatic rings. The second-order valence-electron chi connectivity index (χ2n) is 5.61. The van der Waals surface area contributed by atoms with E-state index in [-0.39, 0.29) is 0 Å². The number of oxazole rings is 1. The second-order valence-corrected chi connectivity index (χ2v) is 6.73. The van der Waals surface area contributed by atoms with E-state index in [1.54, 1.807) is 0 Å². The highest BCUT2D eigenvalue weighted by atomic mass is 32.2. The van der Waals surface area contributed by atoms with Crippen LogP contribution in [0.4, 0.5) is 0 Å². The zero-order valence-corrected chi connectivity index (χ0v) is 13.4. The van der Waals surface area contributed by atoms with Crippen molar-refractivity contribution < 1.29 is 4.42 Å². The van der Waals surface area contributed by atoms with E-state index < -0.39 is 0 Å². The fourth-order valence-electron chi connectivity index (χ4n) is 2.88. The van der Waals surface area contributed by atoms with Crippen molar-refractivity contribution in [1.29, 1.82) is 0 Å². The van der Waals surface area contributed by atoms with Gasteiger partial charge in [0.1, 0.15) is 5.52 Å². The minimum Gasteiger partial charge on any atom is -0.437 e. The molecule has 4 heteroatoms. The van der Waals surface area contributed by atoms with Crippen molar-refractivity contribution >= 4 is 35.0 Å². The average molecular weight is 310 g/mol. The highest BCUT2D eigenvalue weighted by Crippen LogP contribution is 2.29. The monoisotopic (exact) mass is 310 g/mol. The summed E-state index contributed by atoms with van der Waals surface area (Å²) in [6, 6.07) is 4.20. The molecule has 0 N–H and O–H groups in total. The summed E-state index contributed by atoms with van der Waals surface area (Å²) >= 11 is 1.88. The Morgan fingerprint density at radius 2 is 2.32 bits per heavy atom. The van der Waals surface area contributed by atoms with Crippen LogP contribution >= 0.6 is 11.8 Å². The first-order chi connectivity index (χ1) is 10.8. The van der Waals surface area contributed by atoms with Crippen LogP contribution in [-0.2, 0) is 6.42 Å². The molecule has 1 aliphatic heterocycles. The van der Waals surface area contributed by atoms with Crippen LogP contribution in [-0.4, -0.2) is 29.2 Å². The largest absolute Gasteiger partial charge is 0.437 e. The van der Waals surface area contributed by atoms with Gasteiger partial charge in [0.2, 0.25) is 5.89 Å². The number of aryl methyl sites for hydroxylation is 1. The van der Waals surface area contributed by atoms with Crippen LogP contribution in [0.1, 0.15) is 23.4 Å². The van der Waals surface area contributed by atoms with Gasteiger partial charge in [0.05, 0.1) is 5.03 Å². The lowest BCUT2D eigenvalue weighted by Gasteiger charge is -2.09. The molecule has 0 atom stereocenters. The van der Waals surface area contributed by atoms with Gasteiger partial charge in [-0.05, 0) is 30.5 Å². The first-order valence-corrected chi connectivity index (χ1v) is 8.61. The molecule has 1 aromatic carbocycles. The number of hydrogen-bond donors (Lipinski definition) is 0. The Morgan fingerprint density at radius 3 is 3.18 bits per heavy atom. The third kappa shape index (κ3) is 2.48. The van der Waals surface area contributed by atoms with Crippen molar-refractivity contribution in [2.75, 3.05) is 19.3 Å². The van der Waals surface area contributed by atoms with Gasteiger partial charge < -0.3 is 9.32 Å². The van der Waals surface area contributed by atoms with Gasteiger partial charge in [-0.2, -0.15) is 0 Å². The van der Waals surface area contributed by atoms with Crippen molar-refractivity contribution in [3.05, 3.63) is 52.4 Å². The molecule has 0 amide bonds. The zero-order chi connectivity index (χ0) is 14.9. The molecule has 1 aromatic heterocycles. The normalized spacial score (nSPS) is 19.7. The van der Waals surface area contributed by atoms with E-state index in [2.05, 4.69) is 41.2 Å². The fraction of sp³-hybridized carbons (Fsp3) is 0.278. The van der Waals surface area contributed by atoms with Crippen molar-refractivity contribution in [3.63, 3.8) is 0 Å². The van der Waals surface area contributed by atoms with E-state index >= 15 is 0 Å². The van der Waals surface area contributed by atoms with Crippen molar-refractivity contribution in [2.45, 2.75) is 12.8 Å². The van der Waals surface area contributed by atoms with Gasteiger partial charge in [-0.1, -0.05) is 24.3 Å². The van der Waals surface area contributed by atoms with Gasteiger partial charge in [-0.15, -0.1) is 11.8 Å². The van der Waals surface area contributed by atoms with Gasteiger partial charge in [0.25, 0.3) is 0 Å². The van der Waals surface area contributed by atoms with E-state index in [4.69, 9.17) is 4.42 Å². The maximum Gasteiger partial charge on any atom is 0.220 e. The quantitative estimate of drug-likeness (QED) is 0.826. The molecule has 0 radical (unpaired) electrons. The SMILES string of the molecule is CN1CCS/C1=C\C=C\c1nc2c3c(ccc2o1)CCC=C3. The molecule has 1 saturated heterocycles. The molecule has 2 heterocycles. The Morgan fingerprint density at radius 1 is 1.36 bits per heavy atom. The lowest BCUT2D eigenvalue weighted by molar-refractivity contribution is 0.493. The molecule has 0 bridgehead atoms. The maximum absolute atomic E-state index is 5.84. The second kappa shape index (κ2) is 5.69. The van der Waals surface area contributed by atoms with Crippen LogP contribution in [0, 0.1) is 0 Å². The summed E-state index contributed by atoms with van der Waals surface area (Å²) in [6.45, 7) is 1.12. The summed E-state index contributed by atoms with van der Waals surface area (Å²) in [5.41, 5.74) is 4.43. The predicted molar refractivity (Wildman–Crippen MR) is 93.6 cm³/mol. The Bertz CT molecular complexity index is 801. The zero-order valence-electron chi connectivity index (χ0n) is 12.6. The molecule has 1 aliphatic carbocycles. The standard InChI is InChI=1S/C18H18N2OS/c1-20-11-12-22-17(20)8-4-7-16-19-18-14-6-3-2-5-13(14)9-10-15(18)21-16/h3-4,6-10H,2,5,11-12H2,1H3/b7-4+,17-8-. The fourth-order valence-corrected chi connectivity index (χ4v) is 3.94. The van der Waals surface area contributed by atoms with Crippen LogP contribution < -0.4 is 0 Å². The minimum atomic E-state index is 0.671. The maximum atomic E-state index is 5.84. The smallest absolute Gasteiger partial charge is 0.220 e. The first-order valence-electron chi connectivity index (χ1n) is 7.62. The molecule has 4 rings (SSSR count). The van der Waals surface area contributed by atoms with Gasteiger partial charge >= 0.3 is 0 Å². The number of nitrogens with zero attached hydrogens (tertiary/aromatic N) is 2. The minimum absolute atomic E-state index is 0.671. The first kappa shape index (κ1) is 13.7. The summed E-state index contributed by atoms with van der Waals surface area (Å²) in [5.74, 6) is 1.84. The van der Waals surface area contributed by atoms with E-state index in [1.165, 1.54) is 16.2 Å². The Balaban J connectivity index is 1.65. The van der Waals surface area contributed by atoms with E-state index in [0.717, 1.165) is 36.2 Å². The van der Waals surface area contributed by atoms with Crippen LogP contribution in [0.25, 0.3) is 23.3 Å².